The lowest BCUT2D eigenvalue weighted by atomic mass is 10.2. The topological polar surface area (TPSA) is 47.6 Å². The molecule has 7 heteroatoms. The molecule has 4 nitrogen and oxygen atoms in total. The smallest absolute Gasteiger partial charge is 0.422 e. The van der Waals surface area contributed by atoms with Crippen molar-refractivity contribution in [1.82, 2.24) is 0 Å². The molecule has 2 rings (SSSR count). The van der Waals surface area contributed by atoms with Gasteiger partial charge in [0.15, 0.2) is 6.61 Å². The Morgan fingerprint density at radius 1 is 1.07 bits per heavy atom. The van der Waals surface area contributed by atoms with E-state index in [9.17, 15) is 18.0 Å². The van der Waals surface area contributed by atoms with Gasteiger partial charge in [0.05, 0.1) is 12.3 Å². The fourth-order valence-corrected chi connectivity index (χ4v) is 2.21. The first-order chi connectivity index (χ1) is 13.4. The van der Waals surface area contributed by atoms with E-state index >= 15 is 0 Å². The molecule has 0 fully saturated rings. The van der Waals surface area contributed by atoms with Gasteiger partial charge in [-0.2, -0.15) is 13.2 Å². The number of unbranched alkanes of at least 4 members (excludes halogenated alkanes) is 1. The van der Waals surface area contributed by atoms with Gasteiger partial charge in [-0.15, -0.1) is 0 Å². The fraction of sp³-hybridized carbons (Fsp3) is 0.286. The first kappa shape index (κ1) is 21.3. The molecule has 0 saturated carbocycles. The Hall–Kier alpha value is -2.96. The number of alkyl halides is 3. The third-order valence-corrected chi connectivity index (χ3v) is 3.61. The molecule has 0 bridgehead atoms. The summed E-state index contributed by atoms with van der Waals surface area (Å²) in [5, 5.41) is 2.76. The highest BCUT2D eigenvalue weighted by molar-refractivity contribution is 6.02. The summed E-state index contributed by atoms with van der Waals surface area (Å²) in [6.45, 7) is 1.29. The van der Waals surface area contributed by atoms with Crippen molar-refractivity contribution in [2.45, 2.75) is 25.9 Å². The van der Waals surface area contributed by atoms with Gasteiger partial charge in [-0.3, -0.25) is 4.79 Å². The standard InChI is InChI=1S/C21H22F3NO3/c1-2-3-14-27-19-7-5-4-6-18(19)25-20(26)13-10-16-8-11-17(12-9-16)28-15-21(22,23)24/h4-13H,2-3,14-15H2,1H3,(H,25,26)/b13-10+. The van der Waals surface area contributed by atoms with Gasteiger partial charge in [-0.25, -0.2) is 0 Å². The van der Waals surface area contributed by atoms with Crippen LogP contribution < -0.4 is 14.8 Å². The van der Waals surface area contributed by atoms with Crippen molar-refractivity contribution in [3.8, 4) is 11.5 Å². The number of rotatable bonds is 9. The Balaban J connectivity index is 1.91. The number of amides is 1. The molecule has 0 aromatic heterocycles. The molecule has 0 aliphatic carbocycles. The van der Waals surface area contributed by atoms with E-state index in [0.29, 0.717) is 23.6 Å². The van der Waals surface area contributed by atoms with Crippen LogP contribution in [0.4, 0.5) is 18.9 Å². The van der Waals surface area contributed by atoms with E-state index in [0.717, 1.165) is 12.8 Å². The second-order valence-electron chi connectivity index (χ2n) is 5.99. The molecule has 28 heavy (non-hydrogen) atoms. The van der Waals surface area contributed by atoms with Crippen LogP contribution in [-0.4, -0.2) is 25.3 Å². The molecule has 0 atom stereocenters. The number of benzene rings is 2. The number of anilines is 1. The maximum atomic E-state index is 12.1. The first-order valence-corrected chi connectivity index (χ1v) is 8.88. The quantitative estimate of drug-likeness (QED) is 0.455. The molecule has 2 aromatic carbocycles. The number of nitrogens with one attached hydrogen (secondary N) is 1. The molecular weight excluding hydrogens is 371 g/mol. The van der Waals surface area contributed by atoms with Crippen LogP contribution in [0.5, 0.6) is 11.5 Å². The zero-order valence-corrected chi connectivity index (χ0v) is 15.5. The van der Waals surface area contributed by atoms with Crippen molar-refractivity contribution in [3.05, 3.63) is 60.2 Å². The number of hydrogen-bond acceptors (Lipinski definition) is 3. The highest BCUT2D eigenvalue weighted by atomic mass is 19.4. The molecule has 150 valence electrons. The molecule has 0 aliphatic rings. The number of hydrogen-bond donors (Lipinski definition) is 1. The van der Waals surface area contributed by atoms with Gasteiger partial charge in [-0.1, -0.05) is 37.6 Å². The third kappa shape index (κ3) is 7.73. The van der Waals surface area contributed by atoms with Crippen LogP contribution in [0.2, 0.25) is 0 Å². The number of halogens is 3. The molecule has 0 heterocycles. The molecular formula is C21H22F3NO3. The van der Waals surface area contributed by atoms with E-state index in [1.165, 1.54) is 18.2 Å². The molecule has 1 amide bonds. The van der Waals surface area contributed by atoms with Crippen LogP contribution in [-0.2, 0) is 4.79 Å². The van der Waals surface area contributed by atoms with Crippen molar-refractivity contribution in [3.63, 3.8) is 0 Å². The van der Waals surface area contributed by atoms with Crippen molar-refractivity contribution >= 4 is 17.7 Å². The second-order valence-corrected chi connectivity index (χ2v) is 5.99. The molecule has 0 aliphatic heterocycles. The lowest BCUT2D eigenvalue weighted by Crippen LogP contribution is -2.19. The predicted molar refractivity (Wildman–Crippen MR) is 103 cm³/mol. The summed E-state index contributed by atoms with van der Waals surface area (Å²) in [6, 6.07) is 13.1. The molecule has 0 unspecified atom stereocenters. The Morgan fingerprint density at radius 2 is 1.79 bits per heavy atom. The number of ether oxygens (including phenoxy) is 2. The van der Waals surface area contributed by atoms with E-state index in [-0.39, 0.29) is 11.7 Å². The predicted octanol–water partition coefficient (Wildman–Crippen LogP) is 5.46. The normalized spacial score (nSPS) is 11.4. The Morgan fingerprint density at radius 3 is 2.46 bits per heavy atom. The summed E-state index contributed by atoms with van der Waals surface area (Å²) in [7, 11) is 0. The van der Waals surface area contributed by atoms with Crippen molar-refractivity contribution in [2.75, 3.05) is 18.5 Å². The highest BCUT2D eigenvalue weighted by Gasteiger charge is 2.28. The Kier molecular flexibility index (Phi) is 7.92. The Bertz CT molecular complexity index is 786. The minimum absolute atomic E-state index is 0.108. The molecule has 2 aromatic rings. The molecule has 0 spiro atoms. The van der Waals surface area contributed by atoms with Crippen LogP contribution in [0.1, 0.15) is 25.3 Å². The highest BCUT2D eigenvalue weighted by Crippen LogP contribution is 2.24. The minimum Gasteiger partial charge on any atom is -0.491 e. The first-order valence-electron chi connectivity index (χ1n) is 8.88. The summed E-state index contributed by atoms with van der Waals surface area (Å²) >= 11 is 0. The maximum absolute atomic E-state index is 12.1. The minimum atomic E-state index is -4.38. The lowest BCUT2D eigenvalue weighted by molar-refractivity contribution is -0.153. The summed E-state index contributed by atoms with van der Waals surface area (Å²) in [5.41, 5.74) is 1.23. The summed E-state index contributed by atoms with van der Waals surface area (Å²) < 4.78 is 46.7. The van der Waals surface area contributed by atoms with Gasteiger partial charge in [0.2, 0.25) is 5.91 Å². The van der Waals surface area contributed by atoms with Crippen LogP contribution in [0.25, 0.3) is 6.08 Å². The molecule has 0 radical (unpaired) electrons. The van der Waals surface area contributed by atoms with E-state index in [1.54, 1.807) is 36.4 Å². The van der Waals surface area contributed by atoms with Crippen molar-refractivity contribution in [2.24, 2.45) is 0 Å². The fourth-order valence-electron chi connectivity index (χ4n) is 2.21. The summed E-state index contributed by atoms with van der Waals surface area (Å²) in [5.74, 6) is 0.366. The number of carbonyl (C=O) groups is 1. The lowest BCUT2D eigenvalue weighted by Gasteiger charge is -2.11. The van der Waals surface area contributed by atoms with Gasteiger partial charge in [0.1, 0.15) is 11.5 Å². The largest absolute Gasteiger partial charge is 0.491 e. The maximum Gasteiger partial charge on any atom is 0.422 e. The summed E-state index contributed by atoms with van der Waals surface area (Å²) in [6.07, 6.45) is 0.452. The zero-order valence-electron chi connectivity index (χ0n) is 15.5. The average Bonchev–Trinajstić information content (AvgIpc) is 2.66. The van der Waals surface area contributed by atoms with E-state index in [4.69, 9.17) is 4.74 Å². The SMILES string of the molecule is CCCCOc1ccccc1NC(=O)/C=C/c1ccc(OCC(F)(F)F)cc1. The summed E-state index contributed by atoms with van der Waals surface area (Å²) in [4.78, 5) is 12.1. The zero-order chi connectivity index (χ0) is 20.4. The van der Waals surface area contributed by atoms with E-state index < -0.39 is 12.8 Å². The molecule has 1 N–H and O–H groups in total. The monoisotopic (exact) mass is 393 g/mol. The van der Waals surface area contributed by atoms with E-state index in [1.807, 2.05) is 6.07 Å². The van der Waals surface area contributed by atoms with Crippen molar-refractivity contribution in [1.29, 1.82) is 0 Å². The van der Waals surface area contributed by atoms with Gasteiger partial charge in [-0.05, 0) is 42.3 Å². The number of para-hydroxylation sites is 2. The van der Waals surface area contributed by atoms with Gasteiger partial charge in [0, 0.05) is 6.08 Å². The second kappa shape index (κ2) is 10.4. The van der Waals surface area contributed by atoms with Gasteiger partial charge >= 0.3 is 6.18 Å². The van der Waals surface area contributed by atoms with E-state index in [2.05, 4.69) is 17.0 Å². The van der Waals surface area contributed by atoms with Crippen LogP contribution >= 0.6 is 0 Å². The number of carbonyl (C=O) groups excluding carboxylic acids is 1. The van der Waals surface area contributed by atoms with Gasteiger partial charge < -0.3 is 14.8 Å². The van der Waals surface area contributed by atoms with Gasteiger partial charge in [0.25, 0.3) is 0 Å². The average molecular weight is 393 g/mol. The van der Waals surface area contributed by atoms with Crippen LogP contribution in [0.3, 0.4) is 0 Å². The Labute approximate surface area is 162 Å². The molecule has 0 saturated heterocycles. The third-order valence-electron chi connectivity index (χ3n) is 3.61. The van der Waals surface area contributed by atoms with Crippen LogP contribution in [0, 0.1) is 0 Å². The van der Waals surface area contributed by atoms with Crippen LogP contribution in [0.15, 0.2) is 54.6 Å². The van der Waals surface area contributed by atoms with Crippen molar-refractivity contribution < 1.29 is 27.4 Å².